The smallest absolute Gasteiger partial charge is 0.303 e. The van der Waals surface area contributed by atoms with Crippen molar-refractivity contribution in [2.24, 2.45) is 5.41 Å². The number of aliphatic hydroxyl groups excluding tert-OH is 1. The molecular weight excluding hydrogens is 246 g/mol. The number of carbonyl (C=O) groups excluding carboxylic acids is 1. The van der Waals surface area contributed by atoms with Crippen molar-refractivity contribution in [3.63, 3.8) is 0 Å². The standard InChI is InChI=1S/C14H25NO4/c1-14(2,10-13(18)19)9-12(17)15-7-4-3-5-11(15)6-8-16/h11,16H,3-10H2,1-2H3,(H,18,19). The molecule has 0 spiro atoms. The number of carbonyl (C=O) groups is 2. The molecule has 0 aliphatic carbocycles. The van der Waals surface area contributed by atoms with E-state index in [-0.39, 0.29) is 31.4 Å². The van der Waals surface area contributed by atoms with Gasteiger partial charge in [0.15, 0.2) is 0 Å². The number of aliphatic hydroxyl groups is 1. The number of piperidine rings is 1. The Labute approximate surface area is 114 Å². The number of aliphatic carboxylic acids is 1. The van der Waals surface area contributed by atoms with E-state index in [0.717, 1.165) is 25.8 Å². The summed E-state index contributed by atoms with van der Waals surface area (Å²) < 4.78 is 0. The molecule has 0 saturated carbocycles. The van der Waals surface area contributed by atoms with Crippen molar-refractivity contribution in [3.8, 4) is 0 Å². The second-order valence-corrected chi connectivity index (χ2v) is 6.16. The highest BCUT2D eigenvalue weighted by molar-refractivity contribution is 5.78. The Morgan fingerprint density at radius 1 is 1.26 bits per heavy atom. The zero-order valence-electron chi connectivity index (χ0n) is 11.9. The summed E-state index contributed by atoms with van der Waals surface area (Å²) in [4.78, 5) is 25.0. The molecule has 110 valence electrons. The first-order valence-electron chi connectivity index (χ1n) is 6.98. The van der Waals surface area contributed by atoms with Crippen LogP contribution in [-0.4, -0.2) is 46.2 Å². The third-order valence-corrected chi connectivity index (χ3v) is 3.67. The van der Waals surface area contributed by atoms with Crippen LogP contribution in [0.1, 0.15) is 52.4 Å². The molecule has 1 fully saturated rings. The van der Waals surface area contributed by atoms with Gasteiger partial charge < -0.3 is 15.1 Å². The highest BCUT2D eigenvalue weighted by atomic mass is 16.4. The highest BCUT2D eigenvalue weighted by Crippen LogP contribution is 2.28. The Morgan fingerprint density at radius 2 is 1.95 bits per heavy atom. The van der Waals surface area contributed by atoms with E-state index in [0.29, 0.717) is 6.42 Å². The lowest BCUT2D eigenvalue weighted by Crippen LogP contribution is -2.45. The molecule has 1 aliphatic heterocycles. The molecule has 5 heteroatoms. The number of amides is 1. The lowest BCUT2D eigenvalue weighted by Gasteiger charge is -2.37. The summed E-state index contributed by atoms with van der Waals surface area (Å²) in [6, 6.07) is 0.117. The van der Waals surface area contributed by atoms with E-state index < -0.39 is 11.4 Å². The third kappa shape index (κ3) is 5.19. The molecule has 1 amide bonds. The van der Waals surface area contributed by atoms with Gasteiger partial charge >= 0.3 is 5.97 Å². The number of rotatable bonds is 6. The fraction of sp³-hybridized carbons (Fsp3) is 0.857. The van der Waals surface area contributed by atoms with Crippen LogP contribution in [-0.2, 0) is 9.59 Å². The van der Waals surface area contributed by atoms with Crippen LogP contribution < -0.4 is 0 Å². The van der Waals surface area contributed by atoms with Gasteiger partial charge in [-0.3, -0.25) is 9.59 Å². The third-order valence-electron chi connectivity index (χ3n) is 3.67. The van der Waals surface area contributed by atoms with Crippen molar-refractivity contribution in [1.29, 1.82) is 0 Å². The van der Waals surface area contributed by atoms with Gasteiger partial charge in [-0.05, 0) is 31.1 Å². The van der Waals surface area contributed by atoms with Crippen LogP contribution in [0.5, 0.6) is 0 Å². The van der Waals surface area contributed by atoms with Crippen molar-refractivity contribution in [2.75, 3.05) is 13.2 Å². The highest BCUT2D eigenvalue weighted by Gasteiger charge is 2.31. The molecule has 1 rings (SSSR count). The number of carboxylic acid groups (broad SMARTS) is 1. The zero-order valence-corrected chi connectivity index (χ0v) is 11.9. The van der Waals surface area contributed by atoms with E-state index in [1.807, 2.05) is 18.7 Å². The number of hydrogen-bond donors (Lipinski definition) is 2. The Bertz CT molecular complexity index is 325. The van der Waals surface area contributed by atoms with E-state index in [1.165, 1.54) is 0 Å². The van der Waals surface area contributed by atoms with Gasteiger partial charge in [0.1, 0.15) is 0 Å². The van der Waals surface area contributed by atoms with Crippen molar-refractivity contribution in [2.45, 2.75) is 58.4 Å². The van der Waals surface area contributed by atoms with Crippen LogP contribution in [0.4, 0.5) is 0 Å². The minimum atomic E-state index is -0.872. The molecule has 1 unspecified atom stereocenters. The van der Waals surface area contributed by atoms with Gasteiger partial charge in [-0.2, -0.15) is 0 Å². The molecular formula is C14H25NO4. The van der Waals surface area contributed by atoms with E-state index in [2.05, 4.69) is 0 Å². The number of nitrogens with zero attached hydrogens (tertiary/aromatic N) is 1. The predicted molar refractivity (Wildman–Crippen MR) is 71.7 cm³/mol. The maximum Gasteiger partial charge on any atom is 0.303 e. The summed E-state index contributed by atoms with van der Waals surface area (Å²) in [5.74, 6) is -0.854. The largest absolute Gasteiger partial charge is 0.481 e. The lowest BCUT2D eigenvalue weighted by molar-refractivity contribution is -0.141. The molecule has 0 aromatic carbocycles. The maximum absolute atomic E-state index is 12.3. The summed E-state index contributed by atoms with van der Waals surface area (Å²) in [6.07, 6.45) is 3.88. The average Bonchev–Trinajstić information content (AvgIpc) is 2.27. The summed E-state index contributed by atoms with van der Waals surface area (Å²) in [5, 5.41) is 17.9. The minimum absolute atomic E-state index is 0.00273. The van der Waals surface area contributed by atoms with Crippen LogP contribution >= 0.6 is 0 Å². The van der Waals surface area contributed by atoms with Gasteiger partial charge in [0.05, 0.1) is 6.42 Å². The molecule has 1 atom stereocenters. The summed E-state index contributed by atoms with van der Waals surface area (Å²) in [7, 11) is 0. The molecule has 5 nitrogen and oxygen atoms in total. The van der Waals surface area contributed by atoms with Crippen LogP contribution in [0.25, 0.3) is 0 Å². The van der Waals surface area contributed by atoms with Gasteiger partial charge in [-0.1, -0.05) is 13.8 Å². The molecule has 2 N–H and O–H groups in total. The number of likely N-dealkylation sites (tertiary alicyclic amines) is 1. The Morgan fingerprint density at radius 3 is 2.53 bits per heavy atom. The second kappa shape index (κ2) is 6.89. The molecule has 19 heavy (non-hydrogen) atoms. The first kappa shape index (κ1) is 16.0. The molecule has 0 aromatic rings. The molecule has 0 bridgehead atoms. The Balaban J connectivity index is 2.61. The van der Waals surface area contributed by atoms with Crippen LogP contribution in [0.2, 0.25) is 0 Å². The zero-order chi connectivity index (χ0) is 14.5. The Kier molecular flexibility index (Phi) is 5.79. The van der Waals surface area contributed by atoms with E-state index in [4.69, 9.17) is 10.2 Å². The van der Waals surface area contributed by atoms with E-state index in [9.17, 15) is 9.59 Å². The fourth-order valence-corrected chi connectivity index (χ4v) is 2.76. The quantitative estimate of drug-likeness (QED) is 0.770. The molecule has 1 aliphatic rings. The maximum atomic E-state index is 12.3. The van der Waals surface area contributed by atoms with Gasteiger partial charge in [-0.25, -0.2) is 0 Å². The van der Waals surface area contributed by atoms with E-state index in [1.54, 1.807) is 0 Å². The van der Waals surface area contributed by atoms with Gasteiger partial charge in [0.2, 0.25) is 5.91 Å². The number of carboxylic acids is 1. The fourth-order valence-electron chi connectivity index (χ4n) is 2.76. The van der Waals surface area contributed by atoms with Gasteiger partial charge in [0.25, 0.3) is 0 Å². The van der Waals surface area contributed by atoms with Crippen molar-refractivity contribution < 1.29 is 19.8 Å². The minimum Gasteiger partial charge on any atom is -0.481 e. The molecule has 0 aromatic heterocycles. The van der Waals surface area contributed by atoms with Crippen molar-refractivity contribution in [3.05, 3.63) is 0 Å². The molecule has 1 heterocycles. The predicted octanol–water partition coefficient (Wildman–Crippen LogP) is 1.64. The normalized spacial score (nSPS) is 20.4. The van der Waals surface area contributed by atoms with Gasteiger partial charge in [-0.15, -0.1) is 0 Å². The summed E-state index contributed by atoms with van der Waals surface area (Å²) in [5.41, 5.74) is -0.524. The Hall–Kier alpha value is -1.10. The molecule has 1 saturated heterocycles. The number of hydrogen-bond acceptors (Lipinski definition) is 3. The van der Waals surface area contributed by atoms with Crippen LogP contribution in [0.3, 0.4) is 0 Å². The van der Waals surface area contributed by atoms with Gasteiger partial charge in [0, 0.05) is 25.6 Å². The monoisotopic (exact) mass is 271 g/mol. The lowest BCUT2D eigenvalue weighted by atomic mass is 9.84. The van der Waals surface area contributed by atoms with Crippen LogP contribution in [0.15, 0.2) is 0 Å². The SMILES string of the molecule is CC(C)(CC(=O)O)CC(=O)N1CCCCC1CCO. The average molecular weight is 271 g/mol. The summed E-state index contributed by atoms with van der Waals surface area (Å²) >= 11 is 0. The van der Waals surface area contributed by atoms with Crippen molar-refractivity contribution in [1.82, 2.24) is 4.90 Å². The van der Waals surface area contributed by atoms with Crippen molar-refractivity contribution >= 4 is 11.9 Å². The first-order chi connectivity index (χ1) is 8.85. The topological polar surface area (TPSA) is 77.8 Å². The second-order valence-electron chi connectivity index (χ2n) is 6.16. The molecule has 0 radical (unpaired) electrons. The van der Waals surface area contributed by atoms with E-state index >= 15 is 0 Å². The van der Waals surface area contributed by atoms with Crippen LogP contribution in [0, 0.1) is 5.41 Å². The first-order valence-corrected chi connectivity index (χ1v) is 6.98. The summed E-state index contributed by atoms with van der Waals surface area (Å²) in [6.45, 7) is 4.44.